The maximum absolute atomic E-state index is 9.20. The lowest BCUT2D eigenvalue weighted by molar-refractivity contribution is -0.0604. The molecule has 66 valence electrons. The molecule has 1 fully saturated rings. The number of hydrogen-bond donors (Lipinski definition) is 2. The standard InChI is InChI=1S/C9H19NO/c1-3-7(2)9(6-10)4-8(11)5-9/h7-8,11H,3-6,10H2,1-2H3. The summed E-state index contributed by atoms with van der Waals surface area (Å²) in [5.74, 6) is 0.663. The van der Waals surface area contributed by atoms with E-state index in [9.17, 15) is 5.11 Å². The molecule has 1 atom stereocenters. The van der Waals surface area contributed by atoms with Crippen LogP contribution in [0, 0.1) is 11.3 Å². The SMILES string of the molecule is CCC(C)C1(CN)CC(O)C1. The predicted octanol–water partition coefficient (Wildman–Crippen LogP) is 1.13. The second kappa shape index (κ2) is 3.11. The summed E-state index contributed by atoms with van der Waals surface area (Å²) in [5, 5.41) is 9.20. The van der Waals surface area contributed by atoms with Gasteiger partial charge in [0.25, 0.3) is 0 Å². The third-order valence-corrected chi connectivity index (χ3v) is 3.35. The van der Waals surface area contributed by atoms with Crippen molar-refractivity contribution in [3.05, 3.63) is 0 Å². The minimum atomic E-state index is -0.0763. The fourth-order valence-electron chi connectivity index (χ4n) is 2.08. The maximum Gasteiger partial charge on any atom is 0.0552 e. The molecule has 1 rings (SSSR count). The second-order valence-electron chi connectivity index (χ2n) is 3.94. The summed E-state index contributed by atoms with van der Waals surface area (Å²) >= 11 is 0. The Morgan fingerprint density at radius 1 is 1.64 bits per heavy atom. The monoisotopic (exact) mass is 157 g/mol. The van der Waals surface area contributed by atoms with E-state index in [1.807, 2.05) is 0 Å². The van der Waals surface area contributed by atoms with Crippen LogP contribution in [0.25, 0.3) is 0 Å². The van der Waals surface area contributed by atoms with Crippen LogP contribution >= 0.6 is 0 Å². The van der Waals surface area contributed by atoms with Gasteiger partial charge in [0.05, 0.1) is 6.10 Å². The number of hydrogen-bond acceptors (Lipinski definition) is 2. The quantitative estimate of drug-likeness (QED) is 0.645. The van der Waals surface area contributed by atoms with Gasteiger partial charge < -0.3 is 10.8 Å². The van der Waals surface area contributed by atoms with Crippen LogP contribution in [0.3, 0.4) is 0 Å². The molecule has 0 aromatic rings. The summed E-state index contributed by atoms with van der Waals surface area (Å²) in [6.07, 6.45) is 2.92. The molecule has 0 aromatic carbocycles. The van der Waals surface area contributed by atoms with Gasteiger partial charge in [-0.2, -0.15) is 0 Å². The van der Waals surface area contributed by atoms with Crippen molar-refractivity contribution in [2.24, 2.45) is 17.1 Å². The highest BCUT2D eigenvalue weighted by atomic mass is 16.3. The highest BCUT2D eigenvalue weighted by Gasteiger charge is 2.45. The molecule has 1 unspecified atom stereocenters. The van der Waals surface area contributed by atoms with Crippen molar-refractivity contribution < 1.29 is 5.11 Å². The summed E-state index contributed by atoms with van der Waals surface area (Å²) in [6.45, 7) is 5.16. The number of rotatable bonds is 3. The van der Waals surface area contributed by atoms with Gasteiger partial charge in [-0.1, -0.05) is 20.3 Å². The van der Waals surface area contributed by atoms with Crippen LogP contribution < -0.4 is 5.73 Å². The first kappa shape index (κ1) is 9.01. The van der Waals surface area contributed by atoms with Gasteiger partial charge in [0.15, 0.2) is 0 Å². The van der Waals surface area contributed by atoms with Crippen molar-refractivity contribution in [1.82, 2.24) is 0 Å². The molecular weight excluding hydrogens is 138 g/mol. The summed E-state index contributed by atoms with van der Waals surface area (Å²) < 4.78 is 0. The number of nitrogens with two attached hydrogens (primary N) is 1. The number of aliphatic hydroxyl groups is 1. The first-order valence-electron chi connectivity index (χ1n) is 4.52. The molecule has 1 aliphatic carbocycles. The molecule has 11 heavy (non-hydrogen) atoms. The minimum absolute atomic E-state index is 0.0763. The van der Waals surface area contributed by atoms with Gasteiger partial charge in [-0.3, -0.25) is 0 Å². The van der Waals surface area contributed by atoms with E-state index in [0.717, 1.165) is 19.4 Å². The fraction of sp³-hybridized carbons (Fsp3) is 1.00. The van der Waals surface area contributed by atoms with Crippen LogP contribution in [-0.4, -0.2) is 17.8 Å². The molecule has 0 bridgehead atoms. The first-order valence-corrected chi connectivity index (χ1v) is 4.52. The molecule has 1 aliphatic rings. The topological polar surface area (TPSA) is 46.2 Å². The van der Waals surface area contributed by atoms with Crippen LogP contribution in [-0.2, 0) is 0 Å². The van der Waals surface area contributed by atoms with Crippen molar-refractivity contribution in [3.63, 3.8) is 0 Å². The van der Waals surface area contributed by atoms with E-state index in [1.165, 1.54) is 6.42 Å². The van der Waals surface area contributed by atoms with Gasteiger partial charge in [-0.25, -0.2) is 0 Å². The van der Waals surface area contributed by atoms with Gasteiger partial charge in [0, 0.05) is 0 Å². The zero-order chi connectivity index (χ0) is 8.48. The Balaban J connectivity index is 2.49. The summed E-state index contributed by atoms with van der Waals surface area (Å²) in [5.41, 5.74) is 5.97. The molecule has 0 amide bonds. The highest BCUT2D eigenvalue weighted by molar-refractivity contribution is 4.97. The van der Waals surface area contributed by atoms with E-state index in [0.29, 0.717) is 5.92 Å². The van der Waals surface area contributed by atoms with Crippen LogP contribution in [0.2, 0.25) is 0 Å². The van der Waals surface area contributed by atoms with E-state index in [-0.39, 0.29) is 11.5 Å². The second-order valence-corrected chi connectivity index (χ2v) is 3.94. The summed E-state index contributed by atoms with van der Waals surface area (Å²) in [4.78, 5) is 0. The molecule has 0 spiro atoms. The average Bonchev–Trinajstić information content (AvgIpc) is 1.96. The van der Waals surface area contributed by atoms with Crippen molar-refractivity contribution in [2.75, 3.05) is 6.54 Å². The predicted molar refractivity (Wildman–Crippen MR) is 46.2 cm³/mol. The Hall–Kier alpha value is -0.0800. The van der Waals surface area contributed by atoms with Crippen molar-refractivity contribution in [2.45, 2.75) is 39.2 Å². The molecule has 0 heterocycles. The Labute approximate surface area is 68.8 Å². The number of aliphatic hydroxyl groups excluding tert-OH is 1. The molecular formula is C9H19NO. The minimum Gasteiger partial charge on any atom is -0.393 e. The van der Waals surface area contributed by atoms with Crippen molar-refractivity contribution in [3.8, 4) is 0 Å². The molecule has 1 saturated carbocycles. The third kappa shape index (κ3) is 1.42. The molecule has 0 radical (unpaired) electrons. The molecule has 2 nitrogen and oxygen atoms in total. The summed E-state index contributed by atoms with van der Waals surface area (Å²) in [7, 11) is 0. The first-order chi connectivity index (χ1) is 5.14. The molecule has 2 heteroatoms. The van der Waals surface area contributed by atoms with Crippen LogP contribution in [0.5, 0.6) is 0 Å². The summed E-state index contributed by atoms with van der Waals surface area (Å²) in [6, 6.07) is 0. The largest absolute Gasteiger partial charge is 0.393 e. The molecule has 0 aromatic heterocycles. The smallest absolute Gasteiger partial charge is 0.0552 e. The Kier molecular flexibility index (Phi) is 2.55. The van der Waals surface area contributed by atoms with Gasteiger partial charge in [0.2, 0.25) is 0 Å². The lowest BCUT2D eigenvalue weighted by atomic mass is 9.59. The van der Waals surface area contributed by atoms with Crippen LogP contribution in [0.1, 0.15) is 33.1 Å². The normalized spacial score (nSPS) is 39.8. The van der Waals surface area contributed by atoms with E-state index in [1.54, 1.807) is 0 Å². The van der Waals surface area contributed by atoms with Crippen molar-refractivity contribution in [1.29, 1.82) is 0 Å². The zero-order valence-electron chi connectivity index (χ0n) is 7.51. The van der Waals surface area contributed by atoms with Gasteiger partial charge in [-0.15, -0.1) is 0 Å². The Bertz CT molecular complexity index is 130. The van der Waals surface area contributed by atoms with E-state index in [2.05, 4.69) is 13.8 Å². The van der Waals surface area contributed by atoms with E-state index in [4.69, 9.17) is 5.73 Å². The lowest BCUT2D eigenvalue weighted by Crippen LogP contribution is -2.50. The van der Waals surface area contributed by atoms with Gasteiger partial charge in [0.1, 0.15) is 0 Å². The van der Waals surface area contributed by atoms with Crippen LogP contribution in [0.15, 0.2) is 0 Å². The fourth-order valence-corrected chi connectivity index (χ4v) is 2.08. The van der Waals surface area contributed by atoms with E-state index >= 15 is 0 Å². The molecule has 0 saturated heterocycles. The van der Waals surface area contributed by atoms with E-state index < -0.39 is 0 Å². The highest BCUT2D eigenvalue weighted by Crippen LogP contribution is 2.47. The van der Waals surface area contributed by atoms with Crippen LogP contribution in [0.4, 0.5) is 0 Å². The maximum atomic E-state index is 9.20. The average molecular weight is 157 g/mol. The van der Waals surface area contributed by atoms with Gasteiger partial charge >= 0.3 is 0 Å². The van der Waals surface area contributed by atoms with Crippen molar-refractivity contribution >= 4 is 0 Å². The van der Waals surface area contributed by atoms with Gasteiger partial charge in [-0.05, 0) is 30.7 Å². The third-order valence-electron chi connectivity index (χ3n) is 3.35. The lowest BCUT2D eigenvalue weighted by Gasteiger charge is -2.49. The zero-order valence-corrected chi connectivity index (χ0v) is 7.51. The molecule has 0 aliphatic heterocycles. The Morgan fingerprint density at radius 2 is 2.18 bits per heavy atom. The Morgan fingerprint density at radius 3 is 2.45 bits per heavy atom. The molecule has 3 N–H and O–H groups in total.